The third-order valence-corrected chi connectivity index (χ3v) is 6.56. The molecule has 6 rings (SSSR count). The Morgan fingerprint density at radius 1 is 0.844 bits per heavy atom. The van der Waals surface area contributed by atoms with Gasteiger partial charge in [0, 0.05) is 16.5 Å². The Morgan fingerprint density at radius 2 is 1.56 bits per heavy atom. The summed E-state index contributed by atoms with van der Waals surface area (Å²) in [6.45, 7) is 0. The first-order chi connectivity index (χ1) is 15.8. The van der Waals surface area contributed by atoms with Gasteiger partial charge in [-0.2, -0.15) is 5.10 Å². The van der Waals surface area contributed by atoms with Gasteiger partial charge < -0.3 is 4.74 Å². The number of rotatable bonds is 5. The van der Waals surface area contributed by atoms with Crippen LogP contribution in [-0.4, -0.2) is 18.3 Å². The molecule has 0 bridgehead atoms. The predicted molar refractivity (Wildman–Crippen MR) is 135 cm³/mol. The molecular formula is C27H19N3OS. The van der Waals surface area contributed by atoms with E-state index in [4.69, 9.17) is 4.74 Å². The van der Waals surface area contributed by atoms with Crippen LogP contribution in [0.2, 0.25) is 0 Å². The number of benzene rings is 5. The Kier molecular flexibility index (Phi) is 4.47. The van der Waals surface area contributed by atoms with Crippen molar-refractivity contribution in [2.45, 2.75) is 0 Å². The first-order valence-electron chi connectivity index (χ1n) is 10.4. The summed E-state index contributed by atoms with van der Waals surface area (Å²) in [6, 6.07) is 27.4. The number of nitrogens with zero attached hydrogens (tertiary/aromatic N) is 2. The second-order valence-corrected chi connectivity index (χ2v) is 8.51. The predicted octanol–water partition coefficient (Wildman–Crippen LogP) is 7.16. The van der Waals surface area contributed by atoms with Gasteiger partial charge in [0.2, 0.25) is 5.13 Å². The van der Waals surface area contributed by atoms with E-state index < -0.39 is 0 Å². The highest BCUT2D eigenvalue weighted by atomic mass is 32.1. The second kappa shape index (κ2) is 7.62. The monoisotopic (exact) mass is 433 g/mol. The molecular weight excluding hydrogens is 414 g/mol. The van der Waals surface area contributed by atoms with Gasteiger partial charge in [-0.15, -0.1) is 11.3 Å². The van der Waals surface area contributed by atoms with Crippen molar-refractivity contribution < 1.29 is 4.74 Å². The molecule has 0 spiro atoms. The fourth-order valence-corrected chi connectivity index (χ4v) is 4.92. The molecule has 6 aromatic rings. The minimum atomic E-state index is 0.754. The van der Waals surface area contributed by atoms with Crippen LogP contribution in [0.4, 0.5) is 5.13 Å². The Morgan fingerprint density at radius 3 is 2.34 bits per heavy atom. The molecule has 1 N–H and O–H groups in total. The van der Waals surface area contributed by atoms with Crippen LogP contribution in [0, 0.1) is 0 Å². The van der Waals surface area contributed by atoms with Crippen molar-refractivity contribution in [3.8, 4) is 17.0 Å². The van der Waals surface area contributed by atoms with Crippen molar-refractivity contribution in [3.05, 3.63) is 89.8 Å². The van der Waals surface area contributed by atoms with Crippen LogP contribution in [0.3, 0.4) is 0 Å². The van der Waals surface area contributed by atoms with Gasteiger partial charge in [0.05, 0.1) is 19.0 Å². The molecule has 32 heavy (non-hydrogen) atoms. The lowest BCUT2D eigenvalue weighted by atomic mass is 9.92. The molecule has 5 heteroatoms. The van der Waals surface area contributed by atoms with E-state index >= 15 is 0 Å². The topological polar surface area (TPSA) is 46.5 Å². The number of aromatic nitrogens is 1. The third kappa shape index (κ3) is 3.15. The zero-order chi connectivity index (χ0) is 21.5. The van der Waals surface area contributed by atoms with Gasteiger partial charge in [-0.25, -0.2) is 4.98 Å². The van der Waals surface area contributed by atoms with Crippen LogP contribution < -0.4 is 10.2 Å². The third-order valence-electron chi connectivity index (χ3n) is 5.82. The molecule has 4 nitrogen and oxygen atoms in total. The van der Waals surface area contributed by atoms with E-state index in [1.165, 1.54) is 43.7 Å². The molecule has 0 saturated carbocycles. The fourth-order valence-electron chi connectivity index (χ4n) is 4.25. The summed E-state index contributed by atoms with van der Waals surface area (Å²) in [7, 11) is 1.67. The summed E-state index contributed by atoms with van der Waals surface area (Å²) in [6.07, 6.45) is 1.88. The Balaban J connectivity index is 1.30. The molecule has 154 valence electrons. The summed E-state index contributed by atoms with van der Waals surface area (Å²) >= 11 is 1.53. The van der Waals surface area contributed by atoms with Gasteiger partial charge in [-0.1, -0.05) is 54.6 Å². The van der Waals surface area contributed by atoms with E-state index in [0.717, 1.165) is 27.7 Å². The van der Waals surface area contributed by atoms with Crippen molar-refractivity contribution in [3.63, 3.8) is 0 Å². The second-order valence-electron chi connectivity index (χ2n) is 7.65. The smallest absolute Gasteiger partial charge is 0.203 e. The number of hydrogen-bond acceptors (Lipinski definition) is 5. The van der Waals surface area contributed by atoms with Crippen LogP contribution >= 0.6 is 11.3 Å². The van der Waals surface area contributed by atoms with E-state index in [9.17, 15) is 0 Å². The molecule has 0 aliphatic rings. The van der Waals surface area contributed by atoms with Crippen molar-refractivity contribution in [1.82, 2.24) is 4.98 Å². The van der Waals surface area contributed by atoms with Crippen molar-refractivity contribution in [1.29, 1.82) is 0 Å². The molecule has 1 aromatic heterocycles. The standard InChI is InChI=1S/C27H19N3OS/c1-31-22-12-9-17(10-13-22)24-16-32-27(29-24)30-28-15-21-8-7-20-6-5-18-3-2-4-19-11-14-23(21)26(20)25(18)19/h2-16H,1H3,(H,29,30)/b28-15+. The number of nitrogens with one attached hydrogen (secondary N) is 1. The van der Waals surface area contributed by atoms with E-state index in [1.54, 1.807) is 7.11 Å². The first-order valence-corrected chi connectivity index (χ1v) is 11.2. The summed E-state index contributed by atoms with van der Waals surface area (Å²) < 4.78 is 5.22. The highest BCUT2D eigenvalue weighted by molar-refractivity contribution is 7.14. The number of thiazole rings is 1. The molecule has 0 unspecified atom stereocenters. The normalized spacial score (nSPS) is 11.8. The highest BCUT2D eigenvalue weighted by Gasteiger charge is 2.10. The molecule has 0 atom stereocenters. The maximum atomic E-state index is 5.22. The van der Waals surface area contributed by atoms with Crippen molar-refractivity contribution >= 4 is 55.0 Å². The van der Waals surface area contributed by atoms with Gasteiger partial charge in [-0.05, 0) is 56.6 Å². The maximum Gasteiger partial charge on any atom is 0.203 e. The zero-order valence-electron chi connectivity index (χ0n) is 17.4. The summed E-state index contributed by atoms with van der Waals surface area (Å²) in [5.74, 6) is 0.834. The fraction of sp³-hybridized carbons (Fsp3) is 0.0370. The summed E-state index contributed by atoms with van der Waals surface area (Å²) in [5.41, 5.74) is 6.13. The number of anilines is 1. The molecule has 0 aliphatic heterocycles. The van der Waals surface area contributed by atoms with Crippen molar-refractivity contribution in [2.24, 2.45) is 5.10 Å². The van der Waals surface area contributed by atoms with Crippen LogP contribution in [0.1, 0.15) is 5.56 Å². The van der Waals surface area contributed by atoms with Gasteiger partial charge in [0.25, 0.3) is 0 Å². The highest BCUT2D eigenvalue weighted by Crippen LogP contribution is 2.35. The average molecular weight is 434 g/mol. The SMILES string of the molecule is COc1ccc(-c2csc(N/N=C/c3ccc4ccc5cccc6ccc3c4c56)n2)cc1. The van der Waals surface area contributed by atoms with E-state index in [-0.39, 0.29) is 0 Å². The molecule has 0 radical (unpaired) electrons. The lowest BCUT2D eigenvalue weighted by molar-refractivity contribution is 0.415. The van der Waals surface area contributed by atoms with E-state index in [0.29, 0.717) is 0 Å². The largest absolute Gasteiger partial charge is 0.497 e. The van der Waals surface area contributed by atoms with Gasteiger partial charge in [0.1, 0.15) is 5.75 Å². The van der Waals surface area contributed by atoms with Gasteiger partial charge in [-0.3, -0.25) is 5.43 Å². The molecule has 1 heterocycles. The number of hydrazone groups is 1. The Hall–Kier alpha value is -3.96. The van der Waals surface area contributed by atoms with Crippen LogP contribution in [0.25, 0.3) is 43.6 Å². The maximum absolute atomic E-state index is 5.22. The van der Waals surface area contributed by atoms with E-state index in [1.807, 2.05) is 35.9 Å². The van der Waals surface area contributed by atoms with Crippen LogP contribution in [-0.2, 0) is 0 Å². The minimum absolute atomic E-state index is 0.754. The quantitative estimate of drug-likeness (QED) is 0.178. The van der Waals surface area contributed by atoms with Crippen LogP contribution in [0.15, 0.2) is 89.3 Å². The molecule has 0 aliphatic carbocycles. The molecule has 0 fully saturated rings. The summed E-state index contributed by atoms with van der Waals surface area (Å²) in [5, 5.41) is 14.8. The lowest BCUT2D eigenvalue weighted by Crippen LogP contribution is -1.92. The average Bonchev–Trinajstić information content (AvgIpc) is 3.32. The van der Waals surface area contributed by atoms with Gasteiger partial charge >= 0.3 is 0 Å². The number of ether oxygens (including phenoxy) is 1. The Labute approximate surface area is 189 Å². The number of methoxy groups -OCH3 is 1. The number of hydrogen-bond donors (Lipinski definition) is 1. The lowest BCUT2D eigenvalue weighted by Gasteiger charge is -2.12. The first kappa shape index (κ1) is 18.8. The van der Waals surface area contributed by atoms with Gasteiger partial charge in [0.15, 0.2) is 0 Å². The minimum Gasteiger partial charge on any atom is -0.497 e. The van der Waals surface area contributed by atoms with Crippen LogP contribution in [0.5, 0.6) is 5.75 Å². The van der Waals surface area contributed by atoms with Crippen molar-refractivity contribution in [2.75, 3.05) is 12.5 Å². The molecule has 5 aromatic carbocycles. The van der Waals surface area contributed by atoms with E-state index in [2.05, 4.69) is 70.1 Å². The summed E-state index contributed by atoms with van der Waals surface area (Å²) in [4.78, 5) is 4.65. The molecule has 0 amide bonds. The zero-order valence-corrected chi connectivity index (χ0v) is 18.2. The Bertz CT molecular complexity index is 1570. The molecule has 0 saturated heterocycles.